The van der Waals surface area contributed by atoms with Crippen molar-refractivity contribution >= 4 is 46.4 Å². The maximum absolute atomic E-state index is 6.37. The first-order valence-corrected chi connectivity index (χ1v) is 6.97. The van der Waals surface area contributed by atoms with Gasteiger partial charge in [-0.3, -0.25) is 0 Å². The summed E-state index contributed by atoms with van der Waals surface area (Å²) in [5.74, 6) is 0. The van der Waals surface area contributed by atoms with Gasteiger partial charge in [-0.15, -0.1) is 11.6 Å². The molecule has 2 aromatic rings. The molecule has 4 heteroatoms. The average molecular weight is 320 g/mol. The second kappa shape index (κ2) is 6.16. The Bertz CT molecular complexity index is 551. The minimum absolute atomic E-state index is 0.138. The van der Waals surface area contributed by atoms with Crippen LogP contribution < -0.4 is 0 Å². The van der Waals surface area contributed by atoms with Crippen molar-refractivity contribution < 1.29 is 0 Å². The first-order valence-electron chi connectivity index (χ1n) is 5.40. The molecular weight excluding hydrogens is 310 g/mol. The first kappa shape index (κ1) is 14.0. The summed E-state index contributed by atoms with van der Waals surface area (Å²) in [5.41, 5.74) is 2.04. The van der Waals surface area contributed by atoms with Crippen LogP contribution >= 0.6 is 46.4 Å². The van der Waals surface area contributed by atoms with Crippen molar-refractivity contribution in [2.75, 3.05) is 0 Å². The zero-order chi connectivity index (χ0) is 13.1. The summed E-state index contributed by atoms with van der Waals surface area (Å²) >= 11 is 24.2. The van der Waals surface area contributed by atoms with Gasteiger partial charge in [-0.1, -0.05) is 53.0 Å². The van der Waals surface area contributed by atoms with Crippen LogP contribution in [0.25, 0.3) is 0 Å². The lowest BCUT2D eigenvalue weighted by Crippen LogP contribution is -1.96. The SMILES string of the molecule is Clc1cccc(C(Cl)Cc2ccc(Cl)c(Cl)c2)c1. The summed E-state index contributed by atoms with van der Waals surface area (Å²) in [6, 6.07) is 13.1. The van der Waals surface area contributed by atoms with Crippen LogP contribution in [0.1, 0.15) is 16.5 Å². The molecule has 0 aliphatic rings. The van der Waals surface area contributed by atoms with E-state index < -0.39 is 0 Å². The van der Waals surface area contributed by atoms with Gasteiger partial charge in [0, 0.05) is 5.02 Å². The summed E-state index contributed by atoms with van der Waals surface area (Å²) in [6.07, 6.45) is 0.679. The van der Waals surface area contributed by atoms with E-state index in [1.54, 1.807) is 6.07 Å². The van der Waals surface area contributed by atoms with Crippen molar-refractivity contribution in [1.82, 2.24) is 0 Å². The zero-order valence-electron chi connectivity index (χ0n) is 9.34. The Balaban J connectivity index is 2.16. The van der Waals surface area contributed by atoms with Gasteiger partial charge in [0.25, 0.3) is 0 Å². The minimum atomic E-state index is -0.138. The van der Waals surface area contributed by atoms with Crippen LogP contribution in [0.3, 0.4) is 0 Å². The van der Waals surface area contributed by atoms with Crippen molar-refractivity contribution in [2.45, 2.75) is 11.8 Å². The molecule has 0 N–H and O–H groups in total. The third kappa shape index (κ3) is 3.55. The Morgan fingerprint density at radius 2 is 1.67 bits per heavy atom. The summed E-state index contributed by atoms with van der Waals surface area (Å²) < 4.78 is 0. The lowest BCUT2D eigenvalue weighted by atomic mass is 10.0. The van der Waals surface area contributed by atoms with Crippen LogP contribution in [-0.4, -0.2) is 0 Å². The topological polar surface area (TPSA) is 0 Å². The summed E-state index contributed by atoms with van der Waals surface area (Å²) in [4.78, 5) is 0. The number of hydrogen-bond donors (Lipinski definition) is 0. The van der Waals surface area contributed by atoms with Gasteiger partial charge < -0.3 is 0 Å². The number of rotatable bonds is 3. The Kier molecular flexibility index (Phi) is 4.80. The normalized spacial score (nSPS) is 12.4. The van der Waals surface area contributed by atoms with Gasteiger partial charge in [-0.25, -0.2) is 0 Å². The molecule has 0 saturated carbocycles. The molecule has 0 bridgehead atoms. The van der Waals surface area contributed by atoms with Crippen molar-refractivity contribution in [3.63, 3.8) is 0 Å². The maximum Gasteiger partial charge on any atom is 0.0626 e. The maximum atomic E-state index is 6.37. The van der Waals surface area contributed by atoms with Crippen LogP contribution in [0.4, 0.5) is 0 Å². The molecule has 0 fully saturated rings. The monoisotopic (exact) mass is 318 g/mol. The van der Waals surface area contributed by atoms with E-state index in [-0.39, 0.29) is 5.38 Å². The van der Waals surface area contributed by atoms with Gasteiger partial charge in [-0.05, 0) is 41.8 Å². The van der Waals surface area contributed by atoms with E-state index in [1.807, 2.05) is 36.4 Å². The standard InChI is InChI=1S/C14H10Cl4/c15-11-3-1-2-10(8-11)13(17)6-9-4-5-12(16)14(18)7-9/h1-5,7-8,13H,6H2. The van der Waals surface area contributed by atoms with Crippen LogP contribution in [0.15, 0.2) is 42.5 Å². The van der Waals surface area contributed by atoms with Crippen LogP contribution in [-0.2, 0) is 6.42 Å². The van der Waals surface area contributed by atoms with Crippen molar-refractivity contribution in [3.8, 4) is 0 Å². The fraction of sp³-hybridized carbons (Fsp3) is 0.143. The minimum Gasteiger partial charge on any atom is -0.117 e. The highest BCUT2D eigenvalue weighted by Crippen LogP contribution is 2.29. The molecule has 0 amide bonds. The van der Waals surface area contributed by atoms with Crippen molar-refractivity contribution in [3.05, 3.63) is 68.7 Å². The molecule has 1 unspecified atom stereocenters. The average Bonchev–Trinajstić information content (AvgIpc) is 2.34. The fourth-order valence-corrected chi connectivity index (χ4v) is 2.53. The summed E-state index contributed by atoms with van der Waals surface area (Å²) in [7, 11) is 0. The largest absolute Gasteiger partial charge is 0.117 e. The van der Waals surface area contributed by atoms with E-state index in [9.17, 15) is 0 Å². The number of hydrogen-bond acceptors (Lipinski definition) is 0. The highest BCUT2D eigenvalue weighted by atomic mass is 35.5. The number of alkyl halides is 1. The predicted molar refractivity (Wildman–Crippen MR) is 80.2 cm³/mol. The molecule has 2 rings (SSSR count). The van der Waals surface area contributed by atoms with E-state index in [0.717, 1.165) is 11.1 Å². The second-order valence-electron chi connectivity index (χ2n) is 3.98. The molecule has 0 radical (unpaired) electrons. The van der Waals surface area contributed by atoms with E-state index >= 15 is 0 Å². The van der Waals surface area contributed by atoms with Crippen LogP contribution in [0.2, 0.25) is 15.1 Å². The van der Waals surface area contributed by atoms with Crippen molar-refractivity contribution in [2.24, 2.45) is 0 Å². The van der Waals surface area contributed by atoms with Gasteiger partial charge in [-0.2, -0.15) is 0 Å². The Morgan fingerprint density at radius 1 is 0.889 bits per heavy atom. The summed E-state index contributed by atoms with van der Waals surface area (Å²) in [6.45, 7) is 0. The third-order valence-corrected chi connectivity index (χ3v) is 3.99. The lowest BCUT2D eigenvalue weighted by molar-refractivity contribution is 0.920. The molecule has 0 aliphatic carbocycles. The highest BCUT2D eigenvalue weighted by molar-refractivity contribution is 6.42. The fourth-order valence-electron chi connectivity index (χ4n) is 1.69. The van der Waals surface area contributed by atoms with E-state index in [2.05, 4.69) is 0 Å². The van der Waals surface area contributed by atoms with E-state index in [1.165, 1.54) is 0 Å². The molecule has 0 nitrogen and oxygen atoms in total. The zero-order valence-corrected chi connectivity index (χ0v) is 12.4. The first-order chi connectivity index (χ1) is 8.56. The van der Waals surface area contributed by atoms with Crippen LogP contribution in [0, 0.1) is 0 Å². The molecule has 2 aromatic carbocycles. The third-order valence-electron chi connectivity index (χ3n) is 2.61. The van der Waals surface area contributed by atoms with E-state index in [0.29, 0.717) is 21.5 Å². The molecule has 0 heterocycles. The van der Waals surface area contributed by atoms with Gasteiger partial charge in [0.1, 0.15) is 0 Å². The Labute approximate surface area is 126 Å². The van der Waals surface area contributed by atoms with E-state index in [4.69, 9.17) is 46.4 Å². The Hall–Kier alpha value is -0.400. The number of halogens is 4. The smallest absolute Gasteiger partial charge is 0.0626 e. The molecule has 18 heavy (non-hydrogen) atoms. The molecule has 0 saturated heterocycles. The van der Waals surface area contributed by atoms with Gasteiger partial charge in [0.15, 0.2) is 0 Å². The lowest BCUT2D eigenvalue weighted by Gasteiger charge is -2.11. The van der Waals surface area contributed by atoms with Gasteiger partial charge in [0.05, 0.1) is 15.4 Å². The molecule has 1 atom stereocenters. The van der Waals surface area contributed by atoms with Gasteiger partial charge >= 0.3 is 0 Å². The second-order valence-corrected chi connectivity index (χ2v) is 5.75. The quantitative estimate of drug-likeness (QED) is 0.593. The molecular formula is C14H10Cl4. The molecule has 94 valence electrons. The van der Waals surface area contributed by atoms with Crippen LogP contribution in [0.5, 0.6) is 0 Å². The Morgan fingerprint density at radius 3 is 2.33 bits per heavy atom. The molecule has 0 aromatic heterocycles. The van der Waals surface area contributed by atoms with Gasteiger partial charge in [0.2, 0.25) is 0 Å². The predicted octanol–water partition coefficient (Wildman–Crippen LogP) is 6.17. The number of benzene rings is 2. The highest BCUT2D eigenvalue weighted by Gasteiger charge is 2.10. The molecule has 0 spiro atoms. The molecule has 0 aliphatic heterocycles. The summed E-state index contributed by atoms with van der Waals surface area (Å²) in [5, 5.41) is 1.65. The van der Waals surface area contributed by atoms with Crippen molar-refractivity contribution in [1.29, 1.82) is 0 Å².